The van der Waals surface area contributed by atoms with Gasteiger partial charge in [-0.15, -0.1) is 0 Å². The van der Waals surface area contributed by atoms with Crippen molar-refractivity contribution in [2.45, 2.75) is 119 Å². The number of carbonyl (C=O) groups excluding carboxylic acids is 2. The van der Waals surface area contributed by atoms with Crippen molar-refractivity contribution < 1.29 is 14.3 Å². The average molecular weight is 563 g/mol. The number of hydrogen-bond acceptors (Lipinski definition) is 3. The van der Waals surface area contributed by atoms with E-state index < -0.39 is 12.1 Å². The van der Waals surface area contributed by atoms with Crippen molar-refractivity contribution >= 4 is 23.6 Å². The highest BCUT2D eigenvalue weighted by Gasteiger charge is 2.48. The Hall–Kier alpha value is -2.27. The van der Waals surface area contributed by atoms with Gasteiger partial charge in [-0.2, -0.15) is 0 Å². The number of carbonyl (C=O) groups is 2. The van der Waals surface area contributed by atoms with Crippen molar-refractivity contribution in [1.29, 1.82) is 0 Å². The van der Waals surface area contributed by atoms with Crippen LogP contribution in [0.3, 0.4) is 0 Å². The fraction of sp³-hybridized carbons (Fsp3) is 0.636. The van der Waals surface area contributed by atoms with Gasteiger partial charge in [0.05, 0.1) is 0 Å². The molecule has 6 heteroatoms. The number of benzene rings is 1. The second kappa shape index (κ2) is 18.9. The van der Waals surface area contributed by atoms with Crippen molar-refractivity contribution in [2.24, 2.45) is 5.41 Å². The van der Waals surface area contributed by atoms with E-state index >= 15 is 0 Å². The van der Waals surface area contributed by atoms with Crippen molar-refractivity contribution in [2.75, 3.05) is 13.1 Å². The molecule has 0 spiro atoms. The van der Waals surface area contributed by atoms with Crippen LogP contribution < -0.4 is 5.32 Å². The number of allylic oxidation sites excluding steroid dienone is 3. The number of likely N-dealkylation sites (tertiary alicyclic amines) is 1. The van der Waals surface area contributed by atoms with Crippen LogP contribution in [-0.2, 0) is 14.9 Å². The summed E-state index contributed by atoms with van der Waals surface area (Å²) >= 11 is 6.10. The van der Waals surface area contributed by atoms with Gasteiger partial charge in [0.2, 0.25) is 5.91 Å². The lowest BCUT2D eigenvalue weighted by Crippen LogP contribution is -2.58. The summed E-state index contributed by atoms with van der Waals surface area (Å²) in [5, 5.41) is 3.53. The molecule has 1 saturated heterocycles. The van der Waals surface area contributed by atoms with Crippen LogP contribution in [0.15, 0.2) is 48.3 Å². The number of hydrogen-bond donors (Lipinski definition) is 1. The molecular weight excluding hydrogens is 508 g/mol. The zero-order valence-electron chi connectivity index (χ0n) is 26.3. The molecular formula is C33H55ClN2O3. The number of nitrogens with zero attached hydrogens (tertiary/aromatic N) is 1. The van der Waals surface area contributed by atoms with Crippen LogP contribution in [0.25, 0.3) is 0 Å². The van der Waals surface area contributed by atoms with Crippen LogP contribution in [0.4, 0.5) is 4.79 Å². The number of alkyl carbamates (subject to hydrolysis) is 1. The van der Waals surface area contributed by atoms with E-state index in [0.717, 1.165) is 30.7 Å². The molecule has 0 aromatic heterocycles. The molecule has 1 N–H and O–H groups in total. The predicted molar refractivity (Wildman–Crippen MR) is 167 cm³/mol. The second-order valence-corrected chi connectivity index (χ2v) is 10.4. The van der Waals surface area contributed by atoms with E-state index in [1.54, 1.807) is 0 Å². The summed E-state index contributed by atoms with van der Waals surface area (Å²) in [6.45, 7) is 21.9. The van der Waals surface area contributed by atoms with Crippen LogP contribution in [0.5, 0.6) is 0 Å². The van der Waals surface area contributed by atoms with E-state index in [-0.39, 0.29) is 16.7 Å². The summed E-state index contributed by atoms with van der Waals surface area (Å²) in [7, 11) is 0. The first-order valence-corrected chi connectivity index (χ1v) is 15.4. The van der Waals surface area contributed by atoms with E-state index in [1.807, 2.05) is 77.7 Å². The highest BCUT2D eigenvalue weighted by Crippen LogP contribution is 2.48. The Bertz CT molecular complexity index is 908. The first kappa shape index (κ1) is 36.7. The molecule has 0 saturated carbocycles. The van der Waals surface area contributed by atoms with Crippen molar-refractivity contribution in [3.05, 3.63) is 58.8 Å². The molecule has 1 aromatic rings. The second-order valence-electron chi connectivity index (χ2n) is 10.0. The number of amides is 2. The molecule has 1 aromatic carbocycles. The molecule has 0 radical (unpaired) electrons. The Morgan fingerprint density at radius 1 is 1.00 bits per heavy atom. The van der Waals surface area contributed by atoms with Crippen molar-refractivity contribution in [3.63, 3.8) is 0 Å². The van der Waals surface area contributed by atoms with Crippen molar-refractivity contribution in [3.8, 4) is 0 Å². The van der Waals surface area contributed by atoms with E-state index in [4.69, 9.17) is 16.3 Å². The van der Waals surface area contributed by atoms with Gasteiger partial charge in [0.1, 0.15) is 11.8 Å². The molecule has 2 unspecified atom stereocenters. The van der Waals surface area contributed by atoms with E-state index in [1.165, 1.54) is 5.56 Å². The minimum Gasteiger partial charge on any atom is -0.415 e. The lowest BCUT2D eigenvalue weighted by Gasteiger charge is -2.52. The normalized spacial score (nSPS) is 22.6. The SMILES string of the molecule is CC.CC.CC.CCC(NC(=O)O/C1=C/CCC/C=C\C1)C(=O)N1CCC(C)(c2ccc(Cl)cc2)C(C)(C)C1. The van der Waals surface area contributed by atoms with Gasteiger partial charge in [-0.1, -0.05) is 105 Å². The maximum Gasteiger partial charge on any atom is 0.412 e. The first-order chi connectivity index (χ1) is 18.7. The topological polar surface area (TPSA) is 58.6 Å². The van der Waals surface area contributed by atoms with Crippen LogP contribution in [0.2, 0.25) is 5.02 Å². The molecule has 39 heavy (non-hydrogen) atoms. The van der Waals surface area contributed by atoms with Gasteiger partial charge in [-0.05, 0) is 61.3 Å². The van der Waals surface area contributed by atoms with Crippen LogP contribution >= 0.6 is 11.6 Å². The quantitative estimate of drug-likeness (QED) is 0.363. The Morgan fingerprint density at radius 3 is 2.18 bits per heavy atom. The number of rotatable bonds is 5. The minimum absolute atomic E-state index is 0.0489. The summed E-state index contributed by atoms with van der Waals surface area (Å²) in [5.41, 5.74) is 1.00. The summed E-state index contributed by atoms with van der Waals surface area (Å²) in [4.78, 5) is 27.8. The lowest BCUT2D eigenvalue weighted by molar-refractivity contribution is -0.138. The molecule has 1 aliphatic heterocycles. The molecule has 222 valence electrons. The fourth-order valence-corrected chi connectivity index (χ4v) is 4.93. The standard InChI is InChI=1S/C27H37ClN2O3.3C2H6/c1-5-23(29-25(32)33-22-11-9-7-6-8-10-12-22)24(31)30-18-17-27(4,26(2,3)19-30)20-13-15-21(28)16-14-20;3*1-2/h7,9,12-16,23H,5-6,8,10-11,17-19H2,1-4H3,(H,29,32);3*1-2H3/b9-7-,22-12+;;;. The molecule has 5 nitrogen and oxygen atoms in total. The Morgan fingerprint density at radius 2 is 1.62 bits per heavy atom. The third-order valence-corrected chi connectivity index (χ3v) is 7.66. The number of ether oxygens (including phenoxy) is 1. The fourth-order valence-electron chi connectivity index (χ4n) is 4.80. The molecule has 2 aliphatic rings. The van der Waals surface area contributed by atoms with Crippen LogP contribution in [0.1, 0.15) is 113 Å². The molecule has 2 atom stereocenters. The van der Waals surface area contributed by atoms with Gasteiger partial charge >= 0.3 is 6.09 Å². The van der Waals surface area contributed by atoms with Gasteiger partial charge < -0.3 is 15.0 Å². The first-order valence-electron chi connectivity index (χ1n) is 15.0. The lowest BCUT2D eigenvalue weighted by atomic mass is 9.59. The Labute approximate surface area is 244 Å². The zero-order chi connectivity index (χ0) is 30.1. The number of piperidine rings is 1. The highest BCUT2D eigenvalue weighted by atomic mass is 35.5. The summed E-state index contributed by atoms with van der Waals surface area (Å²) in [6.07, 6.45) is 10.5. The van der Waals surface area contributed by atoms with Gasteiger partial charge in [0, 0.05) is 29.9 Å². The largest absolute Gasteiger partial charge is 0.415 e. The summed E-state index contributed by atoms with van der Waals surface area (Å²) < 4.78 is 5.52. The van der Waals surface area contributed by atoms with Gasteiger partial charge in [-0.25, -0.2) is 4.79 Å². The Balaban J connectivity index is 0.00000225. The Kier molecular flexibility index (Phi) is 17.8. The molecule has 3 rings (SSSR count). The summed E-state index contributed by atoms with van der Waals surface area (Å²) in [6, 6.07) is 7.44. The van der Waals surface area contributed by atoms with E-state index in [9.17, 15) is 9.59 Å². The van der Waals surface area contributed by atoms with Gasteiger partial charge in [0.15, 0.2) is 0 Å². The predicted octanol–water partition coefficient (Wildman–Crippen LogP) is 9.45. The number of halogens is 1. The monoisotopic (exact) mass is 562 g/mol. The third kappa shape index (κ3) is 10.7. The molecule has 1 fully saturated rings. The molecule has 2 amide bonds. The van der Waals surface area contributed by atoms with E-state index in [2.05, 4.69) is 44.3 Å². The van der Waals surface area contributed by atoms with E-state index in [0.29, 0.717) is 31.7 Å². The van der Waals surface area contributed by atoms with Gasteiger partial charge in [-0.3, -0.25) is 4.79 Å². The van der Waals surface area contributed by atoms with Crippen LogP contribution in [-0.4, -0.2) is 36.0 Å². The third-order valence-electron chi connectivity index (χ3n) is 7.41. The zero-order valence-corrected chi connectivity index (χ0v) is 27.1. The number of nitrogens with one attached hydrogen (secondary N) is 1. The minimum atomic E-state index is -0.599. The molecule has 1 heterocycles. The smallest absolute Gasteiger partial charge is 0.412 e. The summed E-state index contributed by atoms with van der Waals surface area (Å²) in [5.74, 6) is 0.593. The maximum absolute atomic E-state index is 13.3. The van der Waals surface area contributed by atoms with Crippen molar-refractivity contribution in [1.82, 2.24) is 10.2 Å². The van der Waals surface area contributed by atoms with Gasteiger partial charge in [0.25, 0.3) is 0 Å². The molecule has 0 bridgehead atoms. The molecule has 1 aliphatic carbocycles. The van der Waals surface area contributed by atoms with Crippen LogP contribution in [0, 0.1) is 5.41 Å². The average Bonchev–Trinajstić information content (AvgIpc) is 2.93. The maximum atomic E-state index is 13.3. The highest BCUT2D eigenvalue weighted by molar-refractivity contribution is 6.30.